The van der Waals surface area contributed by atoms with Gasteiger partial charge in [0, 0.05) is 14.1 Å². The largest absolute Gasteiger partial charge is 0.465 e. The number of benzene rings is 1. The second kappa shape index (κ2) is 5.94. The number of nitrogens with zero attached hydrogens (tertiary/aromatic N) is 2. The van der Waals surface area contributed by atoms with E-state index in [1.165, 1.54) is 12.3 Å². The molecule has 0 amide bonds. The summed E-state index contributed by atoms with van der Waals surface area (Å²) in [5.41, 5.74) is -0.669. The zero-order valence-corrected chi connectivity index (χ0v) is 10.7. The van der Waals surface area contributed by atoms with Gasteiger partial charge in [-0.2, -0.15) is 0 Å². The highest BCUT2D eigenvalue weighted by atomic mass is 19.1. The van der Waals surface area contributed by atoms with Crippen molar-refractivity contribution >= 4 is 17.7 Å². The quantitative estimate of drug-likeness (QED) is 0.474. The molecule has 6 nitrogen and oxygen atoms in total. The predicted molar refractivity (Wildman–Crippen MR) is 67.1 cm³/mol. The average Bonchev–Trinajstić information content (AvgIpc) is 2.34. The first-order valence-electron chi connectivity index (χ1n) is 5.27. The van der Waals surface area contributed by atoms with Crippen molar-refractivity contribution in [3.63, 3.8) is 0 Å². The van der Waals surface area contributed by atoms with Crippen LogP contribution in [0.3, 0.4) is 0 Å². The van der Waals surface area contributed by atoms with Gasteiger partial charge in [0.25, 0.3) is 5.69 Å². The number of carbonyl (C=O) groups excluding carboxylic acids is 1. The van der Waals surface area contributed by atoms with Crippen molar-refractivity contribution in [3.05, 3.63) is 45.4 Å². The van der Waals surface area contributed by atoms with E-state index in [0.29, 0.717) is 0 Å². The van der Waals surface area contributed by atoms with Gasteiger partial charge in [-0.05, 0) is 18.3 Å². The van der Waals surface area contributed by atoms with Gasteiger partial charge in [0.05, 0.1) is 29.2 Å². The maximum Gasteiger partial charge on any atom is 0.338 e. The molecule has 0 aliphatic heterocycles. The molecule has 0 radical (unpaired) electrons. The highest BCUT2D eigenvalue weighted by molar-refractivity contribution is 5.95. The topological polar surface area (TPSA) is 72.7 Å². The zero-order valence-electron chi connectivity index (χ0n) is 10.7. The maximum atomic E-state index is 13.3. The molecule has 0 spiro atoms. The van der Waals surface area contributed by atoms with Gasteiger partial charge in [0.15, 0.2) is 0 Å². The molecule has 19 heavy (non-hydrogen) atoms. The molecule has 7 heteroatoms. The van der Waals surface area contributed by atoms with Gasteiger partial charge in [-0.15, -0.1) is 0 Å². The minimum Gasteiger partial charge on any atom is -0.465 e. The maximum absolute atomic E-state index is 13.3. The van der Waals surface area contributed by atoms with E-state index in [-0.39, 0.29) is 11.1 Å². The van der Waals surface area contributed by atoms with Crippen LogP contribution >= 0.6 is 0 Å². The Balaban J connectivity index is 3.51. The molecule has 0 N–H and O–H groups in total. The first-order valence-corrected chi connectivity index (χ1v) is 5.27. The molecule has 0 saturated carbocycles. The van der Waals surface area contributed by atoms with Crippen LogP contribution in [0.25, 0.3) is 6.08 Å². The van der Waals surface area contributed by atoms with E-state index in [1.807, 2.05) is 0 Å². The van der Waals surface area contributed by atoms with Crippen LogP contribution in [0.2, 0.25) is 0 Å². The van der Waals surface area contributed by atoms with Crippen molar-refractivity contribution in [2.45, 2.75) is 0 Å². The van der Waals surface area contributed by atoms with Crippen LogP contribution in [0.15, 0.2) is 18.3 Å². The summed E-state index contributed by atoms with van der Waals surface area (Å²) in [5, 5.41) is 10.9. The SMILES string of the molecule is COC(=O)c1cc(F)cc([N+](=O)[O-])c1/C=C/N(C)C. The summed E-state index contributed by atoms with van der Waals surface area (Å²) in [6.07, 6.45) is 2.89. The van der Waals surface area contributed by atoms with Gasteiger partial charge in [-0.3, -0.25) is 10.1 Å². The minimum atomic E-state index is -0.867. The molecule has 0 bridgehead atoms. The molecule has 0 aliphatic carbocycles. The van der Waals surface area contributed by atoms with E-state index in [0.717, 1.165) is 19.2 Å². The predicted octanol–water partition coefficient (Wildman–Crippen LogP) is 2.05. The molecule has 0 heterocycles. The van der Waals surface area contributed by atoms with Crippen molar-refractivity contribution < 1.29 is 18.8 Å². The summed E-state index contributed by atoms with van der Waals surface area (Å²) in [5.74, 6) is -1.70. The molecule has 1 aromatic carbocycles. The van der Waals surface area contributed by atoms with Gasteiger partial charge in [-0.1, -0.05) is 0 Å². The Bertz CT molecular complexity index is 541. The minimum absolute atomic E-state index is 0.00644. The Kier molecular flexibility index (Phi) is 4.57. The number of rotatable bonds is 4. The second-order valence-corrected chi connectivity index (χ2v) is 3.91. The van der Waals surface area contributed by atoms with Gasteiger partial charge < -0.3 is 9.64 Å². The lowest BCUT2D eigenvalue weighted by Crippen LogP contribution is -2.08. The van der Waals surface area contributed by atoms with Crippen molar-refractivity contribution in [2.24, 2.45) is 0 Å². The third kappa shape index (κ3) is 3.51. The molecule has 0 fully saturated rings. The number of esters is 1. The molecular weight excluding hydrogens is 255 g/mol. The number of nitro groups is 1. The lowest BCUT2D eigenvalue weighted by molar-refractivity contribution is -0.385. The van der Waals surface area contributed by atoms with Crippen LogP contribution in [0.1, 0.15) is 15.9 Å². The van der Waals surface area contributed by atoms with E-state index in [2.05, 4.69) is 4.74 Å². The Labute approximate surface area is 109 Å². The molecule has 0 aromatic heterocycles. The van der Waals surface area contributed by atoms with Crippen LogP contribution in [0.5, 0.6) is 0 Å². The highest BCUT2D eigenvalue weighted by Gasteiger charge is 2.22. The molecule has 102 valence electrons. The fourth-order valence-corrected chi connectivity index (χ4v) is 1.43. The van der Waals surface area contributed by atoms with E-state index in [4.69, 9.17) is 0 Å². The Morgan fingerprint density at radius 1 is 1.47 bits per heavy atom. The molecular formula is C12H13FN2O4. The van der Waals surface area contributed by atoms with Gasteiger partial charge in [0.1, 0.15) is 5.82 Å². The van der Waals surface area contributed by atoms with Crippen molar-refractivity contribution in [1.82, 2.24) is 4.90 Å². The third-order valence-electron chi connectivity index (χ3n) is 2.26. The smallest absolute Gasteiger partial charge is 0.338 e. The van der Waals surface area contributed by atoms with Crippen molar-refractivity contribution in [2.75, 3.05) is 21.2 Å². The first kappa shape index (κ1) is 14.6. The number of ether oxygens (including phenoxy) is 1. The molecule has 0 unspecified atom stereocenters. The number of hydrogen-bond acceptors (Lipinski definition) is 5. The second-order valence-electron chi connectivity index (χ2n) is 3.91. The highest BCUT2D eigenvalue weighted by Crippen LogP contribution is 2.26. The Morgan fingerprint density at radius 3 is 2.58 bits per heavy atom. The van der Waals surface area contributed by atoms with E-state index in [1.54, 1.807) is 19.0 Å². The van der Waals surface area contributed by atoms with Crippen LogP contribution in [0, 0.1) is 15.9 Å². The van der Waals surface area contributed by atoms with Gasteiger partial charge in [-0.25, -0.2) is 9.18 Å². The van der Waals surface area contributed by atoms with Crippen molar-refractivity contribution in [3.8, 4) is 0 Å². The molecule has 0 aliphatic rings. The normalized spacial score (nSPS) is 10.5. The van der Waals surface area contributed by atoms with Crippen molar-refractivity contribution in [1.29, 1.82) is 0 Å². The summed E-state index contributed by atoms with van der Waals surface area (Å²) in [7, 11) is 4.55. The summed E-state index contributed by atoms with van der Waals surface area (Å²) < 4.78 is 17.8. The number of nitro benzene ring substituents is 1. The zero-order chi connectivity index (χ0) is 14.6. The lowest BCUT2D eigenvalue weighted by atomic mass is 10.0. The van der Waals surface area contributed by atoms with E-state index < -0.39 is 22.4 Å². The average molecular weight is 268 g/mol. The Hall–Kier alpha value is -2.44. The van der Waals surface area contributed by atoms with Crippen LogP contribution in [-0.2, 0) is 4.74 Å². The lowest BCUT2D eigenvalue weighted by Gasteiger charge is -2.07. The Morgan fingerprint density at radius 2 is 2.11 bits per heavy atom. The van der Waals surface area contributed by atoms with Gasteiger partial charge >= 0.3 is 5.97 Å². The third-order valence-corrected chi connectivity index (χ3v) is 2.26. The summed E-state index contributed by atoms with van der Waals surface area (Å²) >= 11 is 0. The first-order chi connectivity index (χ1) is 8.86. The molecule has 0 atom stereocenters. The summed E-state index contributed by atoms with van der Waals surface area (Å²) in [6, 6.07) is 1.68. The summed E-state index contributed by atoms with van der Waals surface area (Å²) in [6.45, 7) is 0. The standard InChI is InChI=1S/C12H13FN2O4/c1-14(2)5-4-9-10(12(16)19-3)6-8(13)7-11(9)15(17)18/h4-7H,1-3H3/b5-4+. The molecule has 1 rings (SSSR count). The number of hydrogen-bond donors (Lipinski definition) is 0. The van der Waals surface area contributed by atoms with Crippen LogP contribution in [0.4, 0.5) is 10.1 Å². The van der Waals surface area contributed by atoms with Crippen LogP contribution < -0.4 is 0 Å². The van der Waals surface area contributed by atoms with E-state index >= 15 is 0 Å². The number of halogens is 1. The number of carbonyl (C=O) groups is 1. The van der Waals surface area contributed by atoms with E-state index in [9.17, 15) is 19.3 Å². The monoisotopic (exact) mass is 268 g/mol. The fraction of sp³-hybridized carbons (Fsp3) is 0.250. The fourth-order valence-electron chi connectivity index (χ4n) is 1.43. The molecule has 1 aromatic rings. The number of methoxy groups -OCH3 is 1. The summed E-state index contributed by atoms with van der Waals surface area (Å²) in [4.78, 5) is 23.4. The van der Waals surface area contributed by atoms with Gasteiger partial charge in [0.2, 0.25) is 0 Å². The van der Waals surface area contributed by atoms with Crippen LogP contribution in [-0.4, -0.2) is 37.0 Å². The molecule has 0 saturated heterocycles.